The minimum atomic E-state index is -0.943. The smallest absolute Gasteiger partial charge is 0.251 e. The number of carbonyl (C=O) groups is 1. The highest BCUT2D eigenvalue weighted by atomic mass is 16.3. The summed E-state index contributed by atoms with van der Waals surface area (Å²) in [6, 6.07) is 7.18. The molecular weight excluding hydrogens is 232 g/mol. The molecule has 5 heteroatoms. The van der Waals surface area contributed by atoms with Gasteiger partial charge in [-0.25, -0.2) is 0 Å². The second-order valence-electron chi connectivity index (χ2n) is 4.48. The number of amides is 1. The van der Waals surface area contributed by atoms with Gasteiger partial charge in [0.2, 0.25) is 0 Å². The van der Waals surface area contributed by atoms with Crippen LogP contribution in [0.3, 0.4) is 0 Å². The van der Waals surface area contributed by atoms with Crippen molar-refractivity contribution in [2.45, 2.75) is 13.0 Å². The van der Waals surface area contributed by atoms with Crippen LogP contribution < -0.4 is 4.90 Å². The van der Waals surface area contributed by atoms with Gasteiger partial charge in [-0.05, 0) is 19.1 Å². The molecule has 2 N–H and O–H groups in total. The molecule has 0 aliphatic carbocycles. The van der Waals surface area contributed by atoms with E-state index in [9.17, 15) is 15.0 Å². The van der Waals surface area contributed by atoms with E-state index in [0.29, 0.717) is 26.2 Å². The Balaban J connectivity index is 1.99. The van der Waals surface area contributed by atoms with Crippen molar-refractivity contribution < 1.29 is 15.0 Å². The van der Waals surface area contributed by atoms with Crippen molar-refractivity contribution in [3.8, 4) is 5.75 Å². The van der Waals surface area contributed by atoms with Gasteiger partial charge in [0.15, 0.2) is 0 Å². The summed E-state index contributed by atoms with van der Waals surface area (Å²) < 4.78 is 0. The van der Waals surface area contributed by atoms with Crippen LogP contribution in [0.1, 0.15) is 6.92 Å². The molecule has 0 bridgehead atoms. The minimum absolute atomic E-state index is 0.230. The number of benzene rings is 1. The predicted octanol–water partition coefficient (Wildman–Crippen LogP) is 0.422. The number of aliphatic hydroxyl groups is 1. The number of hydrogen-bond acceptors (Lipinski definition) is 4. The average Bonchev–Trinajstić information content (AvgIpc) is 2.38. The molecule has 2 rings (SSSR count). The number of phenolic OH excluding ortho intramolecular Hbond substituents is 1. The zero-order chi connectivity index (χ0) is 13.1. The molecule has 1 atom stereocenters. The second-order valence-corrected chi connectivity index (χ2v) is 4.48. The summed E-state index contributed by atoms with van der Waals surface area (Å²) in [5.74, 6) is 0.0275. The highest BCUT2D eigenvalue weighted by Gasteiger charge is 2.24. The molecular formula is C13H18N2O3. The Hall–Kier alpha value is -1.75. The highest BCUT2D eigenvalue weighted by molar-refractivity contribution is 5.80. The number of carbonyl (C=O) groups excluding carboxylic acids is 1. The zero-order valence-electron chi connectivity index (χ0n) is 10.4. The molecule has 1 heterocycles. The van der Waals surface area contributed by atoms with E-state index in [1.165, 1.54) is 6.92 Å². The molecule has 18 heavy (non-hydrogen) atoms. The number of rotatable bonds is 2. The Morgan fingerprint density at radius 2 is 1.83 bits per heavy atom. The molecule has 0 aromatic heterocycles. The van der Waals surface area contributed by atoms with Crippen LogP contribution >= 0.6 is 0 Å². The van der Waals surface area contributed by atoms with Crippen LogP contribution in [0, 0.1) is 0 Å². The molecule has 1 aromatic carbocycles. The van der Waals surface area contributed by atoms with E-state index in [-0.39, 0.29) is 11.7 Å². The number of para-hydroxylation sites is 2. The van der Waals surface area contributed by atoms with E-state index in [4.69, 9.17) is 0 Å². The van der Waals surface area contributed by atoms with E-state index in [1.54, 1.807) is 17.0 Å². The molecule has 1 aliphatic rings. The second kappa shape index (κ2) is 5.27. The third-order valence-electron chi connectivity index (χ3n) is 3.17. The third kappa shape index (κ3) is 2.56. The van der Waals surface area contributed by atoms with Gasteiger partial charge in [0.25, 0.3) is 5.91 Å². The lowest BCUT2D eigenvalue weighted by molar-refractivity contribution is -0.139. The summed E-state index contributed by atoms with van der Waals surface area (Å²) in [5.41, 5.74) is 0.793. The van der Waals surface area contributed by atoms with Gasteiger partial charge in [-0.15, -0.1) is 0 Å². The van der Waals surface area contributed by atoms with E-state index in [2.05, 4.69) is 0 Å². The predicted molar refractivity (Wildman–Crippen MR) is 68.6 cm³/mol. The fraction of sp³-hybridized carbons (Fsp3) is 0.462. The first-order valence-corrected chi connectivity index (χ1v) is 6.09. The van der Waals surface area contributed by atoms with Crippen molar-refractivity contribution in [1.29, 1.82) is 0 Å². The van der Waals surface area contributed by atoms with Crippen LogP contribution in [0.4, 0.5) is 5.69 Å². The highest BCUT2D eigenvalue weighted by Crippen LogP contribution is 2.27. The van der Waals surface area contributed by atoms with Crippen molar-refractivity contribution >= 4 is 11.6 Å². The van der Waals surface area contributed by atoms with Crippen LogP contribution in [-0.4, -0.2) is 53.3 Å². The van der Waals surface area contributed by atoms with Gasteiger partial charge in [0.05, 0.1) is 5.69 Å². The van der Waals surface area contributed by atoms with Crippen LogP contribution in [0.5, 0.6) is 5.75 Å². The van der Waals surface area contributed by atoms with Crippen molar-refractivity contribution in [2.75, 3.05) is 31.1 Å². The third-order valence-corrected chi connectivity index (χ3v) is 3.17. The average molecular weight is 250 g/mol. The molecule has 98 valence electrons. The minimum Gasteiger partial charge on any atom is -0.506 e. The Kier molecular flexibility index (Phi) is 3.72. The topological polar surface area (TPSA) is 64.0 Å². The van der Waals surface area contributed by atoms with Gasteiger partial charge in [-0.3, -0.25) is 4.79 Å². The largest absolute Gasteiger partial charge is 0.506 e. The molecule has 1 aliphatic heterocycles. The monoisotopic (exact) mass is 250 g/mol. The number of piperazine rings is 1. The van der Waals surface area contributed by atoms with Crippen molar-refractivity contribution in [3.05, 3.63) is 24.3 Å². The number of hydrogen-bond donors (Lipinski definition) is 2. The lowest BCUT2D eigenvalue weighted by Crippen LogP contribution is -2.51. The molecule has 1 fully saturated rings. The molecule has 5 nitrogen and oxygen atoms in total. The lowest BCUT2D eigenvalue weighted by Gasteiger charge is -2.36. The van der Waals surface area contributed by atoms with Gasteiger partial charge in [-0.1, -0.05) is 12.1 Å². The van der Waals surface area contributed by atoms with Gasteiger partial charge in [0, 0.05) is 26.2 Å². The molecule has 1 amide bonds. The normalized spacial score (nSPS) is 17.7. The summed E-state index contributed by atoms with van der Waals surface area (Å²) in [6.07, 6.45) is -0.943. The number of phenols is 1. The van der Waals surface area contributed by atoms with Crippen molar-refractivity contribution in [3.63, 3.8) is 0 Å². The Morgan fingerprint density at radius 1 is 1.22 bits per heavy atom. The van der Waals surface area contributed by atoms with Gasteiger partial charge in [0.1, 0.15) is 11.9 Å². The summed E-state index contributed by atoms with van der Waals surface area (Å²) in [7, 11) is 0. The van der Waals surface area contributed by atoms with Crippen molar-refractivity contribution in [1.82, 2.24) is 4.90 Å². The van der Waals surface area contributed by atoms with E-state index in [1.807, 2.05) is 17.0 Å². The van der Waals surface area contributed by atoms with Gasteiger partial charge < -0.3 is 20.0 Å². The number of aromatic hydroxyl groups is 1. The Labute approximate surface area is 106 Å². The summed E-state index contributed by atoms with van der Waals surface area (Å²) in [4.78, 5) is 15.3. The molecule has 1 aromatic rings. The number of anilines is 1. The maximum atomic E-state index is 11.6. The fourth-order valence-corrected chi connectivity index (χ4v) is 2.16. The summed E-state index contributed by atoms with van der Waals surface area (Å²) in [5, 5.41) is 19.0. The first-order chi connectivity index (χ1) is 8.59. The van der Waals surface area contributed by atoms with Gasteiger partial charge in [-0.2, -0.15) is 0 Å². The van der Waals surface area contributed by atoms with Crippen LogP contribution in [0.2, 0.25) is 0 Å². The van der Waals surface area contributed by atoms with Crippen LogP contribution in [0.25, 0.3) is 0 Å². The van der Waals surface area contributed by atoms with Crippen LogP contribution in [0.15, 0.2) is 24.3 Å². The quantitative estimate of drug-likeness (QED) is 0.798. The molecule has 0 spiro atoms. The van der Waals surface area contributed by atoms with E-state index >= 15 is 0 Å². The van der Waals surface area contributed by atoms with E-state index in [0.717, 1.165) is 5.69 Å². The van der Waals surface area contributed by atoms with Crippen molar-refractivity contribution in [2.24, 2.45) is 0 Å². The molecule has 1 unspecified atom stereocenters. The van der Waals surface area contributed by atoms with Crippen LogP contribution in [-0.2, 0) is 4.79 Å². The number of aliphatic hydroxyl groups excluding tert-OH is 1. The lowest BCUT2D eigenvalue weighted by atomic mass is 10.2. The molecule has 0 saturated carbocycles. The fourth-order valence-electron chi connectivity index (χ4n) is 2.16. The van der Waals surface area contributed by atoms with E-state index < -0.39 is 6.10 Å². The Bertz CT molecular complexity index is 426. The number of nitrogens with zero attached hydrogens (tertiary/aromatic N) is 2. The maximum absolute atomic E-state index is 11.6. The first kappa shape index (κ1) is 12.7. The van der Waals surface area contributed by atoms with Gasteiger partial charge >= 0.3 is 0 Å². The molecule has 0 radical (unpaired) electrons. The maximum Gasteiger partial charge on any atom is 0.251 e. The summed E-state index contributed by atoms with van der Waals surface area (Å²) >= 11 is 0. The Morgan fingerprint density at radius 3 is 2.39 bits per heavy atom. The summed E-state index contributed by atoms with van der Waals surface area (Å²) in [6.45, 7) is 3.94. The first-order valence-electron chi connectivity index (χ1n) is 6.09. The molecule has 1 saturated heterocycles. The standard InChI is InChI=1S/C13H18N2O3/c1-10(16)13(18)15-8-6-14(7-9-15)11-4-2-3-5-12(11)17/h2-5,10,16-17H,6-9H2,1H3. The SMILES string of the molecule is CC(O)C(=O)N1CCN(c2ccccc2O)CC1. The zero-order valence-corrected chi connectivity index (χ0v) is 10.4.